The maximum absolute atomic E-state index is 12.5. The highest BCUT2D eigenvalue weighted by Crippen LogP contribution is 2.03. The Morgan fingerprint density at radius 3 is 2.10 bits per heavy atom. The minimum Gasteiger partial charge on any atom is -0.481 e. The van der Waals surface area contributed by atoms with Gasteiger partial charge in [-0.05, 0) is 12.8 Å². The zero-order valence-corrected chi connectivity index (χ0v) is 17.4. The molecule has 13 heteroatoms. The highest BCUT2D eigenvalue weighted by molar-refractivity contribution is 5.95. The van der Waals surface area contributed by atoms with Crippen LogP contribution in [0.15, 0.2) is 12.5 Å². The van der Waals surface area contributed by atoms with Crippen molar-refractivity contribution in [1.29, 1.82) is 0 Å². The van der Waals surface area contributed by atoms with Gasteiger partial charge in [0.25, 0.3) is 0 Å². The number of aromatic nitrogens is 2. The number of nitrogens with two attached hydrogens (primary N) is 1. The molecule has 0 radical (unpaired) electrons. The number of carbonyl (C=O) groups excluding carboxylic acids is 3. The van der Waals surface area contributed by atoms with Crippen molar-refractivity contribution in [2.75, 3.05) is 0 Å². The van der Waals surface area contributed by atoms with Gasteiger partial charge in [0.05, 0.1) is 18.8 Å². The Morgan fingerprint density at radius 1 is 1.00 bits per heavy atom. The number of hydrogen-bond acceptors (Lipinski definition) is 7. The van der Waals surface area contributed by atoms with Gasteiger partial charge in [-0.15, -0.1) is 0 Å². The Morgan fingerprint density at radius 2 is 1.61 bits per heavy atom. The molecular formula is C18H28N6O7. The average Bonchev–Trinajstić information content (AvgIpc) is 3.18. The molecule has 1 aromatic heterocycles. The summed E-state index contributed by atoms with van der Waals surface area (Å²) in [6.07, 6.45) is 1.80. The minimum absolute atomic E-state index is 0.131. The van der Waals surface area contributed by atoms with E-state index in [2.05, 4.69) is 25.9 Å². The molecule has 0 fully saturated rings. The summed E-state index contributed by atoms with van der Waals surface area (Å²) in [5, 5.41) is 25.2. The third-order valence-corrected chi connectivity index (χ3v) is 4.38. The van der Waals surface area contributed by atoms with E-state index in [0.29, 0.717) is 5.69 Å². The molecule has 3 amide bonds. The first-order valence-electron chi connectivity index (χ1n) is 9.50. The summed E-state index contributed by atoms with van der Waals surface area (Å²) in [5.74, 6) is -5.33. The Hall–Kier alpha value is -3.48. The zero-order valence-electron chi connectivity index (χ0n) is 17.4. The van der Waals surface area contributed by atoms with E-state index >= 15 is 0 Å². The zero-order chi connectivity index (χ0) is 23.7. The van der Waals surface area contributed by atoms with Crippen molar-refractivity contribution in [3.05, 3.63) is 18.2 Å². The summed E-state index contributed by atoms with van der Waals surface area (Å²) < 4.78 is 0. The van der Waals surface area contributed by atoms with Crippen LogP contribution in [-0.4, -0.2) is 74.0 Å². The number of nitrogens with zero attached hydrogens (tertiary/aromatic N) is 1. The molecule has 0 aliphatic heterocycles. The molecule has 0 aliphatic rings. The summed E-state index contributed by atoms with van der Waals surface area (Å²) >= 11 is 0. The van der Waals surface area contributed by atoms with Crippen molar-refractivity contribution >= 4 is 29.7 Å². The van der Waals surface area contributed by atoms with Crippen LogP contribution in [0.3, 0.4) is 0 Å². The van der Waals surface area contributed by atoms with Gasteiger partial charge in [-0.3, -0.25) is 19.2 Å². The summed E-state index contributed by atoms with van der Waals surface area (Å²) in [5.41, 5.74) is 6.15. The standard InChI is InChI=1S/C18H28N6O7/c1-8(2)14(19)17(29)22-9(3)15(27)23-11(5-13(25)26)16(28)24-12(18(30)31)4-10-6-20-7-21-10/h6-9,11-12,14H,4-5,19H2,1-3H3,(H,20,21)(H,22,29)(H,23,27)(H,24,28)(H,25,26)(H,30,31). The number of H-pyrrole nitrogens is 1. The van der Waals surface area contributed by atoms with Gasteiger partial charge in [0.2, 0.25) is 17.7 Å². The molecule has 172 valence electrons. The number of aromatic amines is 1. The number of carbonyl (C=O) groups is 5. The lowest BCUT2D eigenvalue weighted by molar-refractivity contribution is -0.143. The molecule has 1 aromatic rings. The minimum atomic E-state index is -1.56. The second-order valence-corrected chi connectivity index (χ2v) is 7.34. The highest BCUT2D eigenvalue weighted by Gasteiger charge is 2.30. The number of aliphatic carboxylic acids is 2. The van der Waals surface area contributed by atoms with Gasteiger partial charge in [-0.1, -0.05) is 13.8 Å². The van der Waals surface area contributed by atoms with E-state index < -0.39 is 60.2 Å². The number of carboxylic acid groups (broad SMARTS) is 2. The molecular weight excluding hydrogens is 412 g/mol. The maximum atomic E-state index is 12.5. The Kier molecular flexibility index (Phi) is 9.60. The number of carboxylic acids is 2. The van der Waals surface area contributed by atoms with Gasteiger partial charge in [-0.25, -0.2) is 9.78 Å². The van der Waals surface area contributed by atoms with Gasteiger partial charge < -0.3 is 36.9 Å². The Labute approximate surface area is 178 Å². The largest absolute Gasteiger partial charge is 0.481 e. The first kappa shape index (κ1) is 25.6. The van der Waals surface area contributed by atoms with E-state index in [1.54, 1.807) is 13.8 Å². The topological polar surface area (TPSA) is 217 Å². The number of amides is 3. The molecule has 0 saturated heterocycles. The van der Waals surface area contributed by atoms with Crippen LogP contribution in [0.25, 0.3) is 0 Å². The van der Waals surface area contributed by atoms with E-state index in [4.69, 9.17) is 10.8 Å². The lowest BCUT2D eigenvalue weighted by Gasteiger charge is -2.23. The van der Waals surface area contributed by atoms with Crippen LogP contribution in [0.2, 0.25) is 0 Å². The second-order valence-electron chi connectivity index (χ2n) is 7.34. The van der Waals surface area contributed by atoms with Crippen LogP contribution in [0.5, 0.6) is 0 Å². The van der Waals surface area contributed by atoms with Crippen molar-refractivity contribution in [1.82, 2.24) is 25.9 Å². The fourth-order valence-electron chi connectivity index (χ4n) is 2.45. The van der Waals surface area contributed by atoms with Crippen LogP contribution >= 0.6 is 0 Å². The van der Waals surface area contributed by atoms with Crippen LogP contribution in [0.1, 0.15) is 32.9 Å². The first-order chi connectivity index (χ1) is 14.4. The molecule has 8 N–H and O–H groups in total. The van der Waals surface area contributed by atoms with Crippen molar-refractivity contribution in [3.8, 4) is 0 Å². The second kappa shape index (κ2) is 11.6. The molecule has 0 bridgehead atoms. The molecule has 0 aromatic carbocycles. The lowest BCUT2D eigenvalue weighted by Crippen LogP contribution is -2.57. The Bertz CT molecular complexity index is 795. The van der Waals surface area contributed by atoms with E-state index in [1.807, 2.05) is 0 Å². The van der Waals surface area contributed by atoms with Crippen molar-refractivity contribution < 1.29 is 34.2 Å². The predicted octanol–water partition coefficient (Wildman–Crippen LogP) is -2.03. The Balaban J connectivity index is 2.82. The molecule has 0 aliphatic carbocycles. The van der Waals surface area contributed by atoms with Gasteiger partial charge >= 0.3 is 11.9 Å². The van der Waals surface area contributed by atoms with Gasteiger partial charge in [0, 0.05) is 18.3 Å². The van der Waals surface area contributed by atoms with Gasteiger partial charge in [-0.2, -0.15) is 0 Å². The third kappa shape index (κ3) is 8.42. The van der Waals surface area contributed by atoms with Crippen LogP contribution in [0.4, 0.5) is 0 Å². The smallest absolute Gasteiger partial charge is 0.326 e. The fourth-order valence-corrected chi connectivity index (χ4v) is 2.45. The summed E-state index contributed by atoms with van der Waals surface area (Å²) in [6.45, 7) is 4.79. The number of nitrogens with one attached hydrogen (secondary N) is 4. The summed E-state index contributed by atoms with van der Waals surface area (Å²) in [4.78, 5) is 65.9. The average molecular weight is 440 g/mol. The molecule has 4 atom stereocenters. The molecule has 0 saturated carbocycles. The van der Waals surface area contributed by atoms with Crippen LogP contribution in [-0.2, 0) is 30.4 Å². The van der Waals surface area contributed by atoms with Gasteiger partial charge in [0.15, 0.2) is 0 Å². The highest BCUT2D eigenvalue weighted by atomic mass is 16.4. The van der Waals surface area contributed by atoms with Gasteiger partial charge in [0.1, 0.15) is 18.1 Å². The summed E-state index contributed by atoms with van der Waals surface area (Å²) in [7, 11) is 0. The number of hydrogen-bond donors (Lipinski definition) is 7. The number of rotatable bonds is 12. The van der Waals surface area contributed by atoms with E-state index in [1.165, 1.54) is 19.4 Å². The number of imidazole rings is 1. The normalized spacial score (nSPS) is 14.7. The molecule has 13 nitrogen and oxygen atoms in total. The molecule has 1 rings (SSSR count). The fraction of sp³-hybridized carbons (Fsp3) is 0.556. The first-order valence-corrected chi connectivity index (χ1v) is 9.50. The van der Waals surface area contributed by atoms with Crippen molar-refractivity contribution in [3.63, 3.8) is 0 Å². The van der Waals surface area contributed by atoms with Crippen molar-refractivity contribution in [2.45, 2.75) is 57.8 Å². The van der Waals surface area contributed by atoms with E-state index in [0.717, 1.165) is 0 Å². The van der Waals surface area contributed by atoms with E-state index in [9.17, 15) is 29.1 Å². The SMILES string of the molecule is CC(NC(=O)C(N)C(C)C)C(=O)NC(CC(=O)O)C(=O)NC(Cc1cnc[nH]1)C(=O)O. The van der Waals surface area contributed by atoms with Crippen LogP contribution < -0.4 is 21.7 Å². The van der Waals surface area contributed by atoms with Crippen LogP contribution in [0, 0.1) is 5.92 Å². The molecule has 31 heavy (non-hydrogen) atoms. The maximum Gasteiger partial charge on any atom is 0.326 e. The summed E-state index contributed by atoms with van der Waals surface area (Å²) in [6, 6.07) is -4.91. The van der Waals surface area contributed by atoms with E-state index in [-0.39, 0.29) is 12.3 Å². The quantitative estimate of drug-likeness (QED) is 0.190. The predicted molar refractivity (Wildman–Crippen MR) is 106 cm³/mol. The third-order valence-electron chi connectivity index (χ3n) is 4.38. The molecule has 0 spiro atoms. The monoisotopic (exact) mass is 440 g/mol. The van der Waals surface area contributed by atoms with Crippen molar-refractivity contribution in [2.24, 2.45) is 11.7 Å². The molecule has 1 heterocycles. The lowest BCUT2D eigenvalue weighted by atomic mass is 10.0. The molecule has 4 unspecified atom stereocenters.